The maximum Gasteiger partial charge on any atom is 0.319 e. The Hall–Kier alpha value is -3.82. The number of hydrogen-bond donors (Lipinski definition) is 2. The number of methoxy groups -OCH3 is 2. The Balaban J connectivity index is 1.32. The van der Waals surface area contributed by atoms with Gasteiger partial charge in [-0.05, 0) is 49.1 Å². The predicted octanol–water partition coefficient (Wildman–Crippen LogP) is 3.26. The normalized spacial score (nSPS) is 19.7. The Labute approximate surface area is 209 Å². The fourth-order valence-electron chi connectivity index (χ4n) is 4.78. The van der Waals surface area contributed by atoms with Crippen molar-refractivity contribution in [3.05, 3.63) is 48.3 Å². The van der Waals surface area contributed by atoms with Crippen LogP contribution in [-0.2, 0) is 9.59 Å². The molecule has 2 aromatic carbocycles. The van der Waals surface area contributed by atoms with Crippen LogP contribution in [0.5, 0.6) is 11.5 Å². The number of ether oxygens (including phenoxy) is 2. The van der Waals surface area contributed by atoms with Crippen LogP contribution in [0.1, 0.15) is 19.3 Å². The summed E-state index contributed by atoms with van der Waals surface area (Å²) in [6, 6.07) is 10.5. The number of urea groups is 1. The lowest BCUT2D eigenvalue weighted by Gasteiger charge is -2.34. The second-order valence-corrected chi connectivity index (χ2v) is 9.08. The Bertz CT molecular complexity index is 1130. The van der Waals surface area contributed by atoms with Crippen LogP contribution in [0.2, 0.25) is 0 Å². The highest BCUT2D eigenvalue weighted by Gasteiger charge is 2.39. The Morgan fingerprint density at radius 1 is 1.11 bits per heavy atom. The third-order valence-corrected chi connectivity index (χ3v) is 6.62. The van der Waals surface area contributed by atoms with Crippen LogP contribution >= 0.6 is 0 Å². The summed E-state index contributed by atoms with van der Waals surface area (Å²) in [4.78, 5) is 41.7. The number of nitrogens with one attached hydrogen (secondary N) is 2. The first-order valence-electron chi connectivity index (χ1n) is 12.0. The first kappa shape index (κ1) is 25.3. The van der Waals surface area contributed by atoms with Gasteiger partial charge in [0.2, 0.25) is 11.8 Å². The van der Waals surface area contributed by atoms with E-state index in [0.29, 0.717) is 42.5 Å². The lowest BCUT2D eigenvalue weighted by molar-refractivity contribution is -0.137. The molecule has 2 aliphatic heterocycles. The summed E-state index contributed by atoms with van der Waals surface area (Å²) in [6.07, 6.45) is 1.83. The Morgan fingerprint density at radius 3 is 2.69 bits per heavy atom. The highest BCUT2D eigenvalue weighted by molar-refractivity contribution is 6.01. The first-order chi connectivity index (χ1) is 17.4. The molecule has 0 aliphatic carbocycles. The third kappa shape index (κ3) is 5.87. The topological polar surface area (TPSA) is 100 Å². The molecule has 2 unspecified atom stereocenters. The monoisotopic (exact) mass is 498 g/mol. The minimum absolute atomic E-state index is 0.0541. The molecule has 9 nitrogen and oxygen atoms in total. The van der Waals surface area contributed by atoms with Gasteiger partial charge >= 0.3 is 6.03 Å². The zero-order chi connectivity index (χ0) is 25.7. The Morgan fingerprint density at radius 2 is 1.94 bits per heavy atom. The molecule has 2 saturated heterocycles. The van der Waals surface area contributed by atoms with Crippen LogP contribution in [0.15, 0.2) is 42.5 Å². The quantitative estimate of drug-likeness (QED) is 0.611. The zero-order valence-corrected chi connectivity index (χ0v) is 20.5. The molecule has 2 aromatic rings. The lowest BCUT2D eigenvalue weighted by Crippen LogP contribution is -2.46. The van der Waals surface area contributed by atoms with E-state index in [9.17, 15) is 18.8 Å². The van der Waals surface area contributed by atoms with Gasteiger partial charge in [-0.3, -0.25) is 9.59 Å². The molecule has 4 amide bonds. The number of piperidine rings is 1. The number of halogens is 1. The number of carbonyl (C=O) groups is 3. The zero-order valence-electron chi connectivity index (χ0n) is 20.5. The third-order valence-electron chi connectivity index (χ3n) is 6.62. The predicted molar refractivity (Wildman–Crippen MR) is 133 cm³/mol. The van der Waals surface area contributed by atoms with Gasteiger partial charge in [-0.2, -0.15) is 0 Å². The highest BCUT2D eigenvalue weighted by Crippen LogP contribution is 2.36. The summed E-state index contributed by atoms with van der Waals surface area (Å²) in [6.45, 7) is 1.79. The van der Waals surface area contributed by atoms with Crippen molar-refractivity contribution in [2.45, 2.75) is 19.3 Å². The van der Waals surface area contributed by atoms with Crippen LogP contribution < -0.4 is 25.0 Å². The number of rotatable bonds is 7. The van der Waals surface area contributed by atoms with Crippen molar-refractivity contribution >= 4 is 29.2 Å². The largest absolute Gasteiger partial charge is 0.497 e. The fourth-order valence-corrected chi connectivity index (χ4v) is 4.78. The van der Waals surface area contributed by atoms with Gasteiger partial charge in [0.1, 0.15) is 17.3 Å². The Kier molecular flexibility index (Phi) is 7.92. The molecule has 2 atom stereocenters. The molecule has 0 radical (unpaired) electrons. The van der Waals surface area contributed by atoms with Gasteiger partial charge in [-0.25, -0.2) is 9.18 Å². The molecule has 192 valence electrons. The molecule has 0 saturated carbocycles. The average molecular weight is 499 g/mol. The number of amides is 4. The molecule has 36 heavy (non-hydrogen) atoms. The van der Waals surface area contributed by atoms with E-state index in [1.807, 2.05) is 0 Å². The van der Waals surface area contributed by atoms with Crippen molar-refractivity contribution in [1.29, 1.82) is 0 Å². The van der Waals surface area contributed by atoms with Crippen molar-refractivity contribution in [3.63, 3.8) is 0 Å². The number of nitrogens with zero attached hydrogens (tertiary/aromatic N) is 2. The van der Waals surface area contributed by atoms with Crippen molar-refractivity contribution in [2.75, 3.05) is 50.6 Å². The molecular formula is C26H31FN4O5. The second kappa shape index (κ2) is 11.3. The van der Waals surface area contributed by atoms with Crippen LogP contribution in [0, 0.1) is 17.7 Å². The maximum absolute atomic E-state index is 13.3. The van der Waals surface area contributed by atoms with Crippen LogP contribution in [0.25, 0.3) is 0 Å². The summed E-state index contributed by atoms with van der Waals surface area (Å²) in [5.41, 5.74) is 0.957. The number of carbonyl (C=O) groups excluding carboxylic acids is 3. The van der Waals surface area contributed by atoms with E-state index in [1.54, 1.807) is 41.2 Å². The van der Waals surface area contributed by atoms with Gasteiger partial charge in [0.25, 0.3) is 0 Å². The molecule has 0 aromatic heterocycles. The molecule has 2 N–H and O–H groups in total. The highest BCUT2D eigenvalue weighted by atomic mass is 19.1. The molecule has 4 rings (SSSR count). The second-order valence-electron chi connectivity index (χ2n) is 9.08. The van der Waals surface area contributed by atoms with Crippen molar-refractivity contribution < 1.29 is 28.2 Å². The molecule has 10 heteroatoms. The van der Waals surface area contributed by atoms with Crippen LogP contribution in [-0.4, -0.2) is 63.1 Å². The van der Waals surface area contributed by atoms with Gasteiger partial charge in [0.05, 0.1) is 25.8 Å². The average Bonchev–Trinajstić information content (AvgIpc) is 3.28. The van der Waals surface area contributed by atoms with E-state index in [-0.39, 0.29) is 30.7 Å². The van der Waals surface area contributed by atoms with Crippen LogP contribution in [0.4, 0.5) is 20.6 Å². The van der Waals surface area contributed by atoms with Gasteiger partial charge < -0.3 is 29.9 Å². The standard InChI is InChI=1S/C26H31FN4O5/c1-35-21-8-9-23(36-2)22(13-21)31-16-18(11-24(31)32)25(33)30-10-4-5-17(15-30)14-28-26(34)29-20-7-3-6-19(27)12-20/h3,6-9,12-13,17-18H,4-5,10-11,14-16H2,1-2H3,(H2,28,29,34). The van der Waals surface area contributed by atoms with E-state index < -0.39 is 17.8 Å². The van der Waals surface area contributed by atoms with E-state index >= 15 is 0 Å². The van der Waals surface area contributed by atoms with E-state index in [0.717, 1.165) is 12.8 Å². The summed E-state index contributed by atoms with van der Waals surface area (Å²) in [5, 5.41) is 5.42. The number of hydrogen-bond acceptors (Lipinski definition) is 5. The van der Waals surface area contributed by atoms with Crippen molar-refractivity contribution in [2.24, 2.45) is 11.8 Å². The van der Waals surface area contributed by atoms with Crippen LogP contribution in [0.3, 0.4) is 0 Å². The van der Waals surface area contributed by atoms with Gasteiger partial charge in [0.15, 0.2) is 0 Å². The minimum atomic E-state index is -0.448. The summed E-state index contributed by atoms with van der Waals surface area (Å²) in [5.74, 6) is 0.164. The van der Waals surface area contributed by atoms with Crippen molar-refractivity contribution in [1.82, 2.24) is 10.2 Å². The molecular weight excluding hydrogens is 467 g/mol. The molecule has 2 aliphatic rings. The SMILES string of the molecule is COc1ccc(OC)c(N2CC(C(=O)N3CCCC(CNC(=O)Nc4cccc(F)c4)C3)CC2=O)c1. The molecule has 2 fully saturated rings. The van der Waals surface area contributed by atoms with E-state index in [4.69, 9.17) is 9.47 Å². The number of likely N-dealkylation sites (tertiary alicyclic amines) is 1. The van der Waals surface area contributed by atoms with Gasteiger partial charge in [-0.15, -0.1) is 0 Å². The number of benzene rings is 2. The van der Waals surface area contributed by atoms with E-state index in [1.165, 1.54) is 25.3 Å². The first-order valence-corrected chi connectivity index (χ1v) is 12.0. The summed E-state index contributed by atoms with van der Waals surface area (Å²) in [7, 11) is 3.09. The molecule has 0 spiro atoms. The van der Waals surface area contributed by atoms with Crippen molar-refractivity contribution in [3.8, 4) is 11.5 Å². The fraction of sp³-hybridized carbons (Fsp3) is 0.423. The van der Waals surface area contributed by atoms with Gasteiger partial charge in [0, 0.05) is 44.4 Å². The minimum Gasteiger partial charge on any atom is -0.497 e. The smallest absolute Gasteiger partial charge is 0.319 e. The molecule has 2 heterocycles. The summed E-state index contributed by atoms with van der Waals surface area (Å²) >= 11 is 0. The maximum atomic E-state index is 13.3. The summed E-state index contributed by atoms with van der Waals surface area (Å²) < 4.78 is 24.0. The molecule has 0 bridgehead atoms. The van der Waals surface area contributed by atoms with Gasteiger partial charge in [-0.1, -0.05) is 6.07 Å². The lowest BCUT2D eigenvalue weighted by atomic mass is 9.96. The van der Waals surface area contributed by atoms with E-state index in [2.05, 4.69) is 10.6 Å². The number of anilines is 2.